The number of nitrogen functional groups attached to an aromatic ring is 1. The molecule has 0 radical (unpaired) electrons. The lowest BCUT2D eigenvalue weighted by molar-refractivity contribution is 0.0953. The summed E-state index contributed by atoms with van der Waals surface area (Å²) in [5.41, 5.74) is 7.46. The molecule has 3 rings (SSSR count). The van der Waals surface area contributed by atoms with Crippen LogP contribution >= 0.6 is 0 Å². The monoisotopic (exact) mass is 322 g/mol. The average molecular weight is 322 g/mol. The van der Waals surface area contributed by atoms with Crippen LogP contribution in [0.25, 0.3) is 11.3 Å². The van der Waals surface area contributed by atoms with E-state index in [9.17, 15) is 4.79 Å². The Morgan fingerprint density at radius 1 is 1.25 bits per heavy atom. The van der Waals surface area contributed by atoms with Crippen LogP contribution in [0.5, 0.6) is 0 Å². The minimum atomic E-state index is -0.209. The first-order chi connectivity index (χ1) is 11.7. The Morgan fingerprint density at radius 3 is 2.83 bits per heavy atom. The number of hydrogen-bond acceptors (Lipinski definition) is 5. The molecule has 0 fully saturated rings. The number of amides is 1. The summed E-state index contributed by atoms with van der Waals surface area (Å²) < 4.78 is 1.97. The molecule has 122 valence electrons. The molecule has 0 saturated heterocycles. The molecule has 2 aromatic heterocycles. The summed E-state index contributed by atoms with van der Waals surface area (Å²) in [4.78, 5) is 24.6. The van der Waals surface area contributed by atoms with Crippen molar-refractivity contribution < 1.29 is 4.79 Å². The number of imidazole rings is 1. The molecule has 0 unspecified atom stereocenters. The largest absolute Gasteiger partial charge is 0.368 e. The van der Waals surface area contributed by atoms with Gasteiger partial charge in [-0.05, 0) is 6.42 Å². The maximum atomic E-state index is 12.5. The van der Waals surface area contributed by atoms with Crippen LogP contribution in [0, 0.1) is 0 Å². The third kappa shape index (κ3) is 3.75. The molecular formula is C17H18N6O. The summed E-state index contributed by atoms with van der Waals surface area (Å²) in [5, 5.41) is 2.90. The van der Waals surface area contributed by atoms with E-state index < -0.39 is 0 Å². The minimum Gasteiger partial charge on any atom is -0.368 e. The second kappa shape index (κ2) is 7.36. The van der Waals surface area contributed by atoms with E-state index in [-0.39, 0.29) is 11.9 Å². The van der Waals surface area contributed by atoms with Gasteiger partial charge in [0, 0.05) is 37.2 Å². The fourth-order valence-corrected chi connectivity index (χ4v) is 2.36. The van der Waals surface area contributed by atoms with Gasteiger partial charge in [-0.25, -0.2) is 15.0 Å². The number of anilines is 1. The summed E-state index contributed by atoms with van der Waals surface area (Å²) in [7, 11) is 0. The Balaban J connectivity index is 1.68. The summed E-state index contributed by atoms with van der Waals surface area (Å²) in [6.45, 7) is 1.35. The third-order valence-corrected chi connectivity index (χ3v) is 3.54. The zero-order chi connectivity index (χ0) is 16.8. The molecule has 24 heavy (non-hydrogen) atoms. The Bertz CT molecular complexity index is 801. The molecule has 7 nitrogen and oxygen atoms in total. The van der Waals surface area contributed by atoms with E-state index in [0.717, 1.165) is 18.5 Å². The molecule has 0 saturated carbocycles. The van der Waals surface area contributed by atoms with Crippen LogP contribution in [0.15, 0.2) is 55.2 Å². The van der Waals surface area contributed by atoms with Crippen molar-refractivity contribution in [2.24, 2.45) is 0 Å². The number of aryl methyl sites for hydroxylation is 1. The first kappa shape index (κ1) is 15.7. The summed E-state index contributed by atoms with van der Waals surface area (Å²) in [5.74, 6) is -0.0648. The van der Waals surface area contributed by atoms with E-state index in [1.807, 2.05) is 41.1 Å². The van der Waals surface area contributed by atoms with Crippen molar-refractivity contribution in [3.63, 3.8) is 0 Å². The number of rotatable bonds is 6. The quantitative estimate of drug-likeness (QED) is 0.674. The number of nitrogens with one attached hydrogen (secondary N) is 1. The van der Waals surface area contributed by atoms with Crippen LogP contribution in [0.4, 0.5) is 5.95 Å². The number of nitrogens with two attached hydrogens (primary N) is 1. The highest BCUT2D eigenvalue weighted by molar-refractivity contribution is 5.99. The van der Waals surface area contributed by atoms with Crippen LogP contribution in [-0.4, -0.2) is 32.0 Å². The zero-order valence-electron chi connectivity index (χ0n) is 13.1. The lowest BCUT2D eigenvalue weighted by atomic mass is 10.1. The highest BCUT2D eigenvalue weighted by Gasteiger charge is 2.15. The van der Waals surface area contributed by atoms with E-state index in [2.05, 4.69) is 20.3 Å². The van der Waals surface area contributed by atoms with Gasteiger partial charge < -0.3 is 15.6 Å². The molecule has 0 aliphatic rings. The van der Waals surface area contributed by atoms with E-state index >= 15 is 0 Å². The summed E-state index contributed by atoms with van der Waals surface area (Å²) in [6, 6.07) is 9.46. The highest BCUT2D eigenvalue weighted by Crippen LogP contribution is 2.21. The van der Waals surface area contributed by atoms with Crippen molar-refractivity contribution in [3.05, 3.63) is 60.8 Å². The van der Waals surface area contributed by atoms with Gasteiger partial charge in [0.25, 0.3) is 5.91 Å². The molecule has 1 amide bonds. The summed E-state index contributed by atoms with van der Waals surface area (Å²) >= 11 is 0. The SMILES string of the molecule is Nc1ncc(C(=O)NCCCn2ccnc2)c(-c2ccccc2)n1. The fourth-order valence-electron chi connectivity index (χ4n) is 2.36. The molecule has 0 bridgehead atoms. The van der Waals surface area contributed by atoms with E-state index in [1.165, 1.54) is 6.20 Å². The number of aromatic nitrogens is 4. The molecule has 0 aliphatic carbocycles. The van der Waals surface area contributed by atoms with E-state index in [1.54, 1.807) is 12.5 Å². The lowest BCUT2D eigenvalue weighted by Gasteiger charge is -2.10. The van der Waals surface area contributed by atoms with Crippen LogP contribution in [-0.2, 0) is 6.54 Å². The molecule has 2 heterocycles. The first-order valence-electron chi connectivity index (χ1n) is 7.66. The smallest absolute Gasteiger partial charge is 0.255 e. The number of carbonyl (C=O) groups excluding carboxylic acids is 1. The molecular weight excluding hydrogens is 304 g/mol. The van der Waals surface area contributed by atoms with Crippen LogP contribution < -0.4 is 11.1 Å². The van der Waals surface area contributed by atoms with Gasteiger partial charge in [0.2, 0.25) is 5.95 Å². The van der Waals surface area contributed by atoms with Crippen molar-refractivity contribution in [3.8, 4) is 11.3 Å². The van der Waals surface area contributed by atoms with Gasteiger partial charge >= 0.3 is 0 Å². The Labute approximate surface area is 139 Å². The van der Waals surface area contributed by atoms with E-state index in [4.69, 9.17) is 5.73 Å². The van der Waals surface area contributed by atoms with Gasteiger partial charge in [-0.15, -0.1) is 0 Å². The second-order valence-electron chi connectivity index (χ2n) is 5.27. The molecule has 3 N–H and O–H groups in total. The van der Waals surface area contributed by atoms with Gasteiger partial charge in [-0.2, -0.15) is 0 Å². The van der Waals surface area contributed by atoms with Crippen molar-refractivity contribution >= 4 is 11.9 Å². The molecule has 0 atom stereocenters. The van der Waals surface area contributed by atoms with Crippen molar-refractivity contribution in [2.75, 3.05) is 12.3 Å². The summed E-state index contributed by atoms with van der Waals surface area (Å²) in [6.07, 6.45) is 7.65. The molecule has 1 aromatic carbocycles. The third-order valence-electron chi connectivity index (χ3n) is 3.54. The van der Waals surface area contributed by atoms with Gasteiger partial charge in [0.1, 0.15) is 0 Å². The predicted molar refractivity (Wildman–Crippen MR) is 91.1 cm³/mol. The molecule has 0 spiro atoms. The average Bonchev–Trinajstić information content (AvgIpc) is 3.12. The Morgan fingerprint density at radius 2 is 2.08 bits per heavy atom. The first-order valence-corrected chi connectivity index (χ1v) is 7.66. The number of nitrogens with zero attached hydrogens (tertiary/aromatic N) is 4. The van der Waals surface area contributed by atoms with Crippen molar-refractivity contribution in [2.45, 2.75) is 13.0 Å². The maximum Gasteiger partial charge on any atom is 0.255 e. The van der Waals surface area contributed by atoms with Gasteiger partial charge in [0.15, 0.2) is 0 Å². The van der Waals surface area contributed by atoms with Crippen molar-refractivity contribution in [1.29, 1.82) is 0 Å². The predicted octanol–water partition coefficient (Wildman–Crippen LogP) is 1.74. The van der Waals surface area contributed by atoms with Crippen molar-refractivity contribution in [1.82, 2.24) is 24.8 Å². The standard InChI is InChI=1S/C17H18N6O/c18-17-21-11-14(15(22-17)13-5-2-1-3-6-13)16(24)20-7-4-9-23-10-8-19-12-23/h1-3,5-6,8,10-12H,4,7,9H2,(H,20,24)(H2,18,21,22). The highest BCUT2D eigenvalue weighted by atomic mass is 16.1. The number of hydrogen-bond donors (Lipinski definition) is 2. The van der Waals surface area contributed by atoms with Gasteiger partial charge in [-0.1, -0.05) is 30.3 Å². The normalized spacial score (nSPS) is 10.5. The zero-order valence-corrected chi connectivity index (χ0v) is 13.1. The molecule has 3 aromatic rings. The second-order valence-corrected chi connectivity index (χ2v) is 5.27. The van der Waals surface area contributed by atoms with E-state index in [0.29, 0.717) is 17.8 Å². The number of benzene rings is 1. The Kier molecular flexibility index (Phi) is 4.81. The lowest BCUT2D eigenvalue weighted by Crippen LogP contribution is -2.26. The minimum absolute atomic E-state index is 0.144. The molecule has 7 heteroatoms. The van der Waals surface area contributed by atoms with Gasteiger partial charge in [-0.3, -0.25) is 4.79 Å². The fraction of sp³-hybridized carbons (Fsp3) is 0.176. The van der Waals surface area contributed by atoms with Crippen LogP contribution in [0.1, 0.15) is 16.8 Å². The van der Waals surface area contributed by atoms with Crippen LogP contribution in [0.3, 0.4) is 0 Å². The topological polar surface area (TPSA) is 98.7 Å². The maximum absolute atomic E-state index is 12.5. The Hall–Kier alpha value is -3.22. The number of carbonyl (C=O) groups is 1. The molecule has 0 aliphatic heterocycles. The van der Waals surface area contributed by atoms with Crippen LogP contribution in [0.2, 0.25) is 0 Å². The van der Waals surface area contributed by atoms with Gasteiger partial charge in [0.05, 0.1) is 17.6 Å².